The summed E-state index contributed by atoms with van der Waals surface area (Å²) in [5.74, 6) is -1.86. The van der Waals surface area contributed by atoms with Gasteiger partial charge in [-0.2, -0.15) is 0 Å². The molecule has 1 heterocycles. The van der Waals surface area contributed by atoms with Crippen molar-refractivity contribution in [2.45, 2.75) is 30.5 Å². The summed E-state index contributed by atoms with van der Waals surface area (Å²) in [6, 6.07) is 6.03. The predicted octanol–water partition coefficient (Wildman–Crippen LogP) is -1.26. The van der Waals surface area contributed by atoms with Crippen molar-refractivity contribution in [2.75, 3.05) is 6.61 Å². The molecule has 1 aliphatic rings. The van der Waals surface area contributed by atoms with Crippen LogP contribution in [0.25, 0.3) is 0 Å². The van der Waals surface area contributed by atoms with Crippen molar-refractivity contribution >= 4 is 0 Å². The maximum atomic E-state index is 10.1. The van der Waals surface area contributed by atoms with Crippen LogP contribution in [-0.4, -0.2) is 56.2 Å². The highest BCUT2D eigenvalue weighted by molar-refractivity contribution is 5.27. The highest BCUT2D eigenvalue weighted by Gasteiger charge is 2.48. The van der Waals surface area contributed by atoms with Crippen LogP contribution in [-0.2, 0) is 11.2 Å². The van der Waals surface area contributed by atoms with E-state index in [0.29, 0.717) is 5.56 Å². The molecule has 0 saturated carbocycles. The maximum absolute atomic E-state index is 10.1. The SMILES string of the molecule is Oc1ccc(C[C@@]2(O)OC[C@H](O)[C@@H](O)[C@H]2O)cc1. The Morgan fingerprint density at radius 3 is 2.39 bits per heavy atom. The van der Waals surface area contributed by atoms with Gasteiger partial charge in [0.1, 0.15) is 24.1 Å². The lowest BCUT2D eigenvalue weighted by molar-refractivity contribution is -0.320. The van der Waals surface area contributed by atoms with E-state index in [4.69, 9.17) is 9.84 Å². The number of hydrogen-bond donors (Lipinski definition) is 5. The number of rotatable bonds is 2. The number of aliphatic hydroxyl groups excluding tert-OH is 3. The fourth-order valence-electron chi connectivity index (χ4n) is 1.95. The molecule has 1 aromatic carbocycles. The Bertz CT molecular complexity index is 406. The molecule has 1 aliphatic heterocycles. The van der Waals surface area contributed by atoms with E-state index in [1.807, 2.05) is 0 Å². The van der Waals surface area contributed by atoms with Crippen molar-refractivity contribution < 1.29 is 30.3 Å². The van der Waals surface area contributed by atoms with Gasteiger partial charge in [0.25, 0.3) is 0 Å². The van der Waals surface area contributed by atoms with Crippen molar-refractivity contribution in [2.24, 2.45) is 0 Å². The average Bonchev–Trinajstić information content (AvgIpc) is 2.35. The van der Waals surface area contributed by atoms with Crippen LogP contribution in [0, 0.1) is 0 Å². The molecular weight excluding hydrogens is 240 g/mol. The summed E-state index contributed by atoms with van der Waals surface area (Å²) in [5, 5.41) is 47.9. The summed E-state index contributed by atoms with van der Waals surface area (Å²) in [6.45, 7) is -0.257. The molecule has 6 heteroatoms. The fourth-order valence-corrected chi connectivity index (χ4v) is 1.95. The van der Waals surface area contributed by atoms with Gasteiger partial charge in [0.15, 0.2) is 5.79 Å². The molecular formula is C12H16O6. The third kappa shape index (κ3) is 2.47. The third-order valence-electron chi connectivity index (χ3n) is 3.08. The van der Waals surface area contributed by atoms with Crippen LogP contribution in [0.1, 0.15) is 5.56 Å². The first-order valence-corrected chi connectivity index (χ1v) is 5.61. The number of phenolic OH excluding ortho intramolecular Hbond substituents is 1. The Morgan fingerprint density at radius 1 is 1.17 bits per heavy atom. The van der Waals surface area contributed by atoms with Gasteiger partial charge in [0.05, 0.1) is 6.61 Å². The summed E-state index contributed by atoms with van der Waals surface area (Å²) in [6.07, 6.45) is -4.34. The van der Waals surface area contributed by atoms with Gasteiger partial charge in [-0.15, -0.1) is 0 Å². The molecule has 100 valence electrons. The standard InChI is InChI=1S/C12H16O6/c13-8-3-1-7(2-4-8)5-12(17)11(16)10(15)9(14)6-18-12/h1-4,9-11,13-17H,5-6H2/t9-,10+,11+,12+/m0/s1. The Hall–Kier alpha value is -1.18. The summed E-state index contributed by atoms with van der Waals surface area (Å²) < 4.78 is 5.03. The summed E-state index contributed by atoms with van der Waals surface area (Å²) in [7, 11) is 0. The number of aliphatic hydroxyl groups is 4. The van der Waals surface area contributed by atoms with Gasteiger partial charge in [-0.1, -0.05) is 12.1 Å². The maximum Gasteiger partial charge on any atom is 0.198 e. The van der Waals surface area contributed by atoms with E-state index in [0.717, 1.165) is 0 Å². The minimum Gasteiger partial charge on any atom is -0.508 e. The third-order valence-corrected chi connectivity index (χ3v) is 3.08. The molecule has 0 aliphatic carbocycles. The van der Waals surface area contributed by atoms with Crippen LogP contribution in [0.2, 0.25) is 0 Å². The smallest absolute Gasteiger partial charge is 0.198 e. The zero-order chi connectivity index (χ0) is 13.3. The molecule has 6 nitrogen and oxygen atoms in total. The van der Waals surface area contributed by atoms with Gasteiger partial charge in [-0.05, 0) is 17.7 Å². The van der Waals surface area contributed by atoms with Gasteiger partial charge in [-0.3, -0.25) is 0 Å². The molecule has 4 atom stereocenters. The lowest BCUT2D eigenvalue weighted by Gasteiger charge is -2.41. The normalized spacial score (nSPS) is 36.6. The van der Waals surface area contributed by atoms with E-state index in [-0.39, 0.29) is 18.8 Å². The number of ether oxygens (including phenoxy) is 1. The van der Waals surface area contributed by atoms with Gasteiger partial charge in [0.2, 0.25) is 0 Å². The number of hydrogen-bond acceptors (Lipinski definition) is 6. The highest BCUT2D eigenvalue weighted by Crippen LogP contribution is 2.28. The molecule has 0 amide bonds. The summed E-state index contributed by atoms with van der Waals surface area (Å²) >= 11 is 0. The van der Waals surface area contributed by atoms with Crippen LogP contribution >= 0.6 is 0 Å². The number of aromatic hydroxyl groups is 1. The van der Waals surface area contributed by atoms with Gasteiger partial charge in [0, 0.05) is 6.42 Å². The Morgan fingerprint density at radius 2 is 1.78 bits per heavy atom. The highest BCUT2D eigenvalue weighted by atomic mass is 16.6. The Labute approximate surface area is 104 Å². The van der Waals surface area contributed by atoms with Crippen molar-refractivity contribution in [3.05, 3.63) is 29.8 Å². The molecule has 0 radical (unpaired) electrons. The Kier molecular flexibility index (Phi) is 3.56. The molecule has 0 aromatic heterocycles. The van der Waals surface area contributed by atoms with E-state index in [9.17, 15) is 20.4 Å². The van der Waals surface area contributed by atoms with E-state index in [2.05, 4.69) is 0 Å². The zero-order valence-corrected chi connectivity index (χ0v) is 9.60. The molecule has 0 unspecified atom stereocenters. The van der Waals surface area contributed by atoms with Gasteiger partial charge < -0.3 is 30.3 Å². The van der Waals surface area contributed by atoms with E-state index in [1.54, 1.807) is 12.1 Å². The second-order valence-corrected chi connectivity index (χ2v) is 4.50. The first kappa shape index (κ1) is 13.3. The molecule has 18 heavy (non-hydrogen) atoms. The van der Waals surface area contributed by atoms with Crippen LogP contribution in [0.4, 0.5) is 0 Å². The van der Waals surface area contributed by atoms with Gasteiger partial charge in [-0.25, -0.2) is 0 Å². The second-order valence-electron chi connectivity index (χ2n) is 4.50. The molecule has 0 spiro atoms. The van der Waals surface area contributed by atoms with Crippen LogP contribution in [0.5, 0.6) is 5.75 Å². The monoisotopic (exact) mass is 256 g/mol. The molecule has 1 saturated heterocycles. The fraction of sp³-hybridized carbons (Fsp3) is 0.500. The molecule has 5 N–H and O–H groups in total. The first-order valence-electron chi connectivity index (χ1n) is 5.61. The lowest BCUT2D eigenvalue weighted by Crippen LogP contribution is -2.61. The van der Waals surface area contributed by atoms with E-state index >= 15 is 0 Å². The summed E-state index contributed by atoms with van der Waals surface area (Å²) in [5.41, 5.74) is 0.623. The molecule has 1 aromatic rings. The first-order chi connectivity index (χ1) is 8.42. The Balaban J connectivity index is 2.14. The topological polar surface area (TPSA) is 110 Å². The average molecular weight is 256 g/mol. The molecule has 2 rings (SSSR count). The largest absolute Gasteiger partial charge is 0.508 e. The van der Waals surface area contributed by atoms with E-state index in [1.165, 1.54) is 12.1 Å². The van der Waals surface area contributed by atoms with Crippen LogP contribution in [0.15, 0.2) is 24.3 Å². The molecule has 1 fully saturated rings. The van der Waals surface area contributed by atoms with Crippen LogP contribution in [0.3, 0.4) is 0 Å². The van der Waals surface area contributed by atoms with E-state index < -0.39 is 24.1 Å². The quantitative estimate of drug-likeness (QED) is 0.451. The van der Waals surface area contributed by atoms with Crippen molar-refractivity contribution in [3.8, 4) is 5.75 Å². The minimum atomic E-state index is -1.95. The van der Waals surface area contributed by atoms with Crippen molar-refractivity contribution in [3.63, 3.8) is 0 Å². The predicted molar refractivity (Wildman–Crippen MR) is 60.7 cm³/mol. The van der Waals surface area contributed by atoms with Gasteiger partial charge >= 0.3 is 0 Å². The minimum absolute atomic E-state index is 0.0573. The number of benzene rings is 1. The zero-order valence-electron chi connectivity index (χ0n) is 9.60. The second kappa shape index (κ2) is 4.83. The lowest BCUT2D eigenvalue weighted by atomic mass is 9.92. The van der Waals surface area contributed by atoms with Crippen molar-refractivity contribution in [1.29, 1.82) is 0 Å². The number of phenols is 1. The molecule has 0 bridgehead atoms. The van der Waals surface area contributed by atoms with Crippen molar-refractivity contribution in [1.82, 2.24) is 0 Å². The summed E-state index contributed by atoms with van der Waals surface area (Å²) in [4.78, 5) is 0. The van der Waals surface area contributed by atoms with Crippen LogP contribution < -0.4 is 0 Å².